The molecule has 1 aliphatic heterocycles. The van der Waals surface area contributed by atoms with Crippen molar-refractivity contribution in [3.05, 3.63) is 90.0 Å². The van der Waals surface area contributed by atoms with Gasteiger partial charge in [0.15, 0.2) is 6.61 Å². The zero-order valence-corrected chi connectivity index (χ0v) is 16.2. The SMILES string of the molecule is O=C(COC(=O)C1c2ccccc2Oc2ccccc21)NCCOc1ccccc1. The number of fused-ring (bicyclic) bond motifs is 2. The van der Waals surface area contributed by atoms with Crippen LogP contribution in [0.5, 0.6) is 17.2 Å². The summed E-state index contributed by atoms with van der Waals surface area (Å²) in [4.78, 5) is 24.9. The Morgan fingerprint density at radius 2 is 1.43 bits per heavy atom. The van der Waals surface area contributed by atoms with Gasteiger partial charge in [-0.15, -0.1) is 0 Å². The van der Waals surface area contributed by atoms with Crippen LogP contribution in [0.15, 0.2) is 78.9 Å². The van der Waals surface area contributed by atoms with E-state index in [4.69, 9.17) is 14.2 Å². The van der Waals surface area contributed by atoms with Crippen LogP contribution in [0, 0.1) is 0 Å². The fourth-order valence-electron chi connectivity index (χ4n) is 3.31. The molecule has 6 nitrogen and oxygen atoms in total. The van der Waals surface area contributed by atoms with E-state index in [0.29, 0.717) is 24.7 Å². The van der Waals surface area contributed by atoms with Crippen molar-refractivity contribution in [1.82, 2.24) is 5.32 Å². The lowest BCUT2D eigenvalue weighted by atomic mass is 9.88. The first-order valence-electron chi connectivity index (χ1n) is 9.69. The normalized spacial score (nSPS) is 12.1. The van der Waals surface area contributed by atoms with E-state index in [9.17, 15) is 9.59 Å². The molecule has 0 saturated carbocycles. The molecule has 0 saturated heterocycles. The summed E-state index contributed by atoms with van der Waals surface area (Å²) in [6.45, 7) is 0.282. The molecule has 0 atom stereocenters. The van der Waals surface area contributed by atoms with E-state index >= 15 is 0 Å². The van der Waals surface area contributed by atoms with Gasteiger partial charge in [-0.3, -0.25) is 9.59 Å². The standard InChI is InChI=1S/C24H21NO5/c26-22(25-14-15-28-17-8-2-1-3-9-17)16-29-24(27)23-18-10-4-6-12-20(18)30-21-13-7-5-11-19(21)23/h1-13,23H,14-16H2,(H,25,26). The quantitative estimate of drug-likeness (QED) is 0.481. The second kappa shape index (κ2) is 9.13. The van der Waals surface area contributed by atoms with Crippen LogP contribution in [0.1, 0.15) is 17.0 Å². The summed E-state index contributed by atoms with van der Waals surface area (Å²) in [5.74, 6) is 0.444. The second-order valence-corrected chi connectivity index (χ2v) is 6.73. The van der Waals surface area contributed by atoms with Gasteiger partial charge in [0.25, 0.3) is 5.91 Å². The topological polar surface area (TPSA) is 73.9 Å². The van der Waals surface area contributed by atoms with Gasteiger partial charge >= 0.3 is 5.97 Å². The molecule has 4 rings (SSSR count). The zero-order valence-electron chi connectivity index (χ0n) is 16.2. The van der Waals surface area contributed by atoms with Crippen LogP contribution >= 0.6 is 0 Å². The van der Waals surface area contributed by atoms with Crippen LogP contribution in [0.4, 0.5) is 0 Å². The predicted octanol–water partition coefficient (Wildman–Crippen LogP) is 3.66. The van der Waals surface area contributed by atoms with E-state index in [1.54, 1.807) is 0 Å². The molecule has 0 unspecified atom stereocenters. The monoisotopic (exact) mass is 403 g/mol. The minimum absolute atomic E-state index is 0.314. The number of hydrogen-bond acceptors (Lipinski definition) is 5. The Balaban J connectivity index is 1.32. The molecule has 0 aromatic heterocycles. The van der Waals surface area contributed by atoms with Gasteiger partial charge in [0.2, 0.25) is 0 Å². The third-order valence-electron chi connectivity index (χ3n) is 4.70. The number of carbonyl (C=O) groups is 2. The van der Waals surface area contributed by atoms with E-state index in [1.807, 2.05) is 78.9 Å². The molecule has 0 spiro atoms. The molecule has 0 fully saturated rings. The molecule has 30 heavy (non-hydrogen) atoms. The maximum atomic E-state index is 12.9. The summed E-state index contributed by atoms with van der Waals surface area (Å²) < 4.78 is 16.7. The van der Waals surface area contributed by atoms with Crippen molar-refractivity contribution in [1.29, 1.82) is 0 Å². The Bertz CT molecular complexity index is 989. The summed E-state index contributed by atoms with van der Waals surface area (Å²) >= 11 is 0. The van der Waals surface area contributed by atoms with Gasteiger partial charge in [0, 0.05) is 11.1 Å². The number of esters is 1. The molecule has 3 aromatic carbocycles. The second-order valence-electron chi connectivity index (χ2n) is 6.73. The number of nitrogens with one attached hydrogen (secondary N) is 1. The first-order chi connectivity index (χ1) is 14.7. The molecule has 152 valence electrons. The van der Waals surface area contributed by atoms with Crippen LogP contribution in [0.25, 0.3) is 0 Å². The summed E-state index contributed by atoms with van der Waals surface area (Å²) in [7, 11) is 0. The van der Waals surface area contributed by atoms with Crippen LogP contribution < -0.4 is 14.8 Å². The van der Waals surface area contributed by atoms with E-state index in [2.05, 4.69) is 5.32 Å². The number of rotatable bonds is 7. The Morgan fingerprint density at radius 1 is 0.833 bits per heavy atom. The third-order valence-corrected chi connectivity index (χ3v) is 4.70. The van der Waals surface area contributed by atoms with Gasteiger partial charge in [-0.2, -0.15) is 0 Å². The molecular formula is C24H21NO5. The fourth-order valence-corrected chi connectivity index (χ4v) is 3.31. The van der Waals surface area contributed by atoms with Crippen LogP contribution in [-0.2, 0) is 14.3 Å². The highest BCUT2D eigenvalue weighted by Crippen LogP contribution is 2.44. The maximum Gasteiger partial charge on any atom is 0.318 e. The number of carbonyl (C=O) groups excluding carboxylic acids is 2. The number of ether oxygens (including phenoxy) is 3. The van der Waals surface area contributed by atoms with Gasteiger partial charge in [0.1, 0.15) is 29.8 Å². The van der Waals surface area contributed by atoms with Gasteiger partial charge in [-0.25, -0.2) is 0 Å². The van der Waals surface area contributed by atoms with Crippen molar-refractivity contribution in [3.8, 4) is 17.2 Å². The first kappa shape index (κ1) is 19.5. The maximum absolute atomic E-state index is 12.9. The minimum Gasteiger partial charge on any atom is -0.492 e. The molecule has 1 heterocycles. The summed E-state index contributed by atoms with van der Waals surface area (Å²) in [6, 6.07) is 24.0. The molecule has 0 radical (unpaired) electrons. The van der Waals surface area contributed by atoms with Crippen LogP contribution in [0.2, 0.25) is 0 Å². The van der Waals surface area contributed by atoms with E-state index in [1.165, 1.54) is 0 Å². The van der Waals surface area contributed by atoms with Gasteiger partial charge in [-0.05, 0) is 24.3 Å². The van der Waals surface area contributed by atoms with Crippen molar-refractivity contribution in [3.63, 3.8) is 0 Å². The lowest BCUT2D eigenvalue weighted by Gasteiger charge is -2.26. The van der Waals surface area contributed by atoms with E-state index in [-0.39, 0.29) is 12.5 Å². The Morgan fingerprint density at radius 3 is 2.10 bits per heavy atom. The van der Waals surface area contributed by atoms with E-state index in [0.717, 1.165) is 16.9 Å². The van der Waals surface area contributed by atoms with Crippen LogP contribution in [0.3, 0.4) is 0 Å². The number of hydrogen-bond donors (Lipinski definition) is 1. The lowest BCUT2D eigenvalue weighted by molar-refractivity contribution is -0.149. The molecule has 0 aliphatic carbocycles. The number of para-hydroxylation sites is 3. The summed E-state index contributed by atoms with van der Waals surface area (Å²) in [5, 5.41) is 2.68. The Labute approximate surface area is 174 Å². The van der Waals surface area contributed by atoms with Gasteiger partial charge in [-0.1, -0.05) is 54.6 Å². The summed E-state index contributed by atoms with van der Waals surface area (Å²) in [5.41, 5.74) is 1.44. The van der Waals surface area contributed by atoms with Gasteiger partial charge < -0.3 is 19.5 Å². The molecule has 0 bridgehead atoms. The largest absolute Gasteiger partial charge is 0.492 e. The highest BCUT2D eigenvalue weighted by Gasteiger charge is 2.33. The fraction of sp³-hybridized carbons (Fsp3) is 0.167. The first-order valence-corrected chi connectivity index (χ1v) is 9.69. The van der Waals surface area contributed by atoms with Crippen molar-refractivity contribution in [2.45, 2.75) is 5.92 Å². The summed E-state index contributed by atoms with van der Waals surface area (Å²) in [6.07, 6.45) is 0. The molecular weight excluding hydrogens is 382 g/mol. The Hall–Kier alpha value is -3.80. The van der Waals surface area contributed by atoms with Crippen molar-refractivity contribution in [2.24, 2.45) is 0 Å². The third kappa shape index (κ3) is 4.43. The number of amides is 1. The zero-order chi connectivity index (χ0) is 20.8. The molecule has 3 aromatic rings. The Kier molecular flexibility index (Phi) is 5.94. The van der Waals surface area contributed by atoms with Crippen molar-refractivity contribution >= 4 is 11.9 Å². The highest BCUT2D eigenvalue weighted by atomic mass is 16.5. The number of benzene rings is 3. The molecule has 1 amide bonds. The van der Waals surface area contributed by atoms with E-state index < -0.39 is 11.9 Å². The minimum atomic E-state index is -0.639. The highest BCUT2D eigenvalue weighted by molar-refractivity contribution is 5.87. The average molecular weight is 403 g/mol. The smallest absolute Gasteiger partial charge is 0.318 e. The molecule has 1 N–H and O–H groups in total. The predicted molar refractivity (Wildman–Crippen MR) is 111 cm³/mol. The van der Waals surface area contributed by atoms with Crippen molar-refractivity contribution in [2.75, 3.05) is 19.8 Å². The molecule has 1 aliphatic rings. The van der Waals surface area contributed by atoms with Crippen molar-refractivity contribution < 1.29 is 23.8 Å². The van der Waals surface area contributed by atoms with Crippen LogP contribution in [-0.4, -0.2) is 31.6 Å². The van der Waals surface area contributed by atoms with Gasteiger partial charge in [0.05, 0.1) is 6.54 Å². The molecule has 6 heteroatoms. The average Bonchev–Trinajstić information content (AvgIpc) is 2.79. The lowest BCUT2D eigenvalue weighted by Crippen LogP contribution is -2.33.